The van der Waals surface area contributed by atoms with Crippen molar-refractivity contribution >= 4 is 17.3 Å². The van der Waals surface area contributed by atoms with E-state index in [-0.39, 0.29) is 5.82 Å². The molecule has 1 aromatic carbocycles. The largest absolute Gasteiger partial charge is 0.367 e. The Hall–Kier alpha value is -0.800. The Morgan fingerprint density at radius 1 is 1.40 bits per heavy atom. The Bertz CT molecular complexity index is 384. The lowest BCUT2D eigenvalue weighted by Crippen LogP contribution is -2.51. The molecule has 0 saturated carbocycles. The lowest BCUT2D eigenvalue weighted by Gasteiger charge is -2.29. The molecule has 15 heavy (non-hydrogen) atoms. The zero-order valence-corrected chi connectivity index (χ0v) is 8.97. The SMILES string of the molecule is Fc1cc(Cl)ccc1N1C[C@H]2CN[C@H]2C1. The van der Waals surface area contributed by atoms with Crippen LogP contribution in [0, 0.1) is 11.7 Å². The average molecular weight is 227 g/mol. The number of anilines is 1. The molecule has 0 aromatic heterocycles. The molecule has 0 radical (unpaired) electrons. The van der Waals surface area contributed by atoms with Gasteiger partial charge in [-0.05, 0) is 18.2 Å². The molecule has 2 saturated heterocycles. The van der Waals surface area contributed by atoms with E-state index in [0.29, 0.717) is 22.7 Å². The number of benzene rings is 1. The molecular weight excluding hydrogens is 215 g/mol. The van der Waals surface area contributed by atoms with Crippen molar-refractivity contribution in [3.8, 4) is 0 Å². The van der Waals surface area contributed by atoms with Crippen LogP contribution in [-0.2, 0) is 0 Å². The van der Waals surface area contributed by atoms with Crippen molar-refractivity contribution in [2.75, 3.05) is 24.5 Å². The van der Waals surface area contributed by atoms with Gasteiger partial charge in [-0.15, -0.1) is 0 Å². The Morgan fingerprint density at radius 2 is 2.27 bits per heavy atom. The van der Waals surface area contributed by atoms with Crippen molar-refractivity contribution in [2.45, 2.75) is 6.04 Å². The van der Waals surface area contributed by atoms with Crippen molar-refractivity contribution in [2.24, 2.45) is 5.92 Å². The number of hydrogen-bond acceptors (Lipinski definition) is 2. The van der Waals surface area contributed by atoms with Gasteiger partial charge in [0, 0.05) is 36.6 Å². The third-order valence-corrected chi connectivity index (χ3v) is 3.57. The van der Waals surface area contributed by atoms with Gasteiger partial charge in [0.15, 0.2) is 0 Å². The molecule has 2 aliphatic heterocycles. The molecule has 0 unspecified atom stereocenters. The van der Waals surface area contributed by atoms with Crippen LogP contribution in [0.5, 0.6) is 0 Å². The summed E-state index contributed by atoms with van der Waals surface area (Å²) in [6, 6.07) is 5.45. The number of halogens is 2. The van der Waals surface area contributed by atoms with Gasteiger partial charge in [0.05, 0.1) is 5.69 Å². The summed E-state index contributed by atoms with van der Waals surface area (Å²) < 4.78 is 13.6. The van der Waals surface area contributed by atoms with Gasteiger partial charge in [-0.3, -0.25) is 0 Å². The molecule has 2 aliphatic rings. The van der Waals surface area contributed by atoms with Gasteiger partial charge in [0.2, 0.25) is 0 Å². The van der Waals surface area contributed by atoms with Gasteiger partial charge in [-0.1, -0.05) is 11.6 Å². The van der Waals surface area contributed by atoms with Crippen molar-refractivity contribution in [1.82, 2.24) is 5.32 Å². The molecule has 1 N–H and O–H groups in total. The maximum Gasteiger partial charge on any atom is 0.147 e. The van der Waals surface area contributed by atoms with Crippen LogP contribution in [0.3, 0.4) is 0 Å². The van der Waals surface area contributed by atoms with E-state index in [1.54, 1.807) is 12.1 Å². The molecule has 2 fully saturated rings. The second-order valence-electron chi connectivity index (χ2n) is 4.28. The Balaban J connectivity index is 1.86. The first-order valence-electron chi connectivity index (χ1n) is 5.17. The molecule has 0 spiro atoms. The Labute approximate surface area is 93.0 Å². The first-order chi connectivity index (χ1) is 7.24. The fraction of sp³-hybridized carbons (Fsp3) is 0.455. The molecule has 2 atom stereocenters. The van der Waals surface area contributed by atoms with E-state index in [2.05, 4.69) is 10.2 Å². The average Bonchev–Trinajstić information content (AvgIpc) is 2.44. The fourth-order valence-electron chi connectivity index (χ4n) is 2.39. The van der Waals surface area contributed by atoms with Gasteiger partial charge in [-0.2, -0.15) is 0 Å². The summed E-state index contributed by atoms with van der Waals surface area (Å²) in [5.74, 6) is 0.476. The first kappa shape index (κ1) is 9.43. The predicted molar refractivity (Wildman–Crippen MR) is 58.9 cm³/mol. The normalized spacial score (nSPS) is 28.8. The van der Waals surface area contributed by atoms with Gasteiger partial charge in [0.1, 0.15) is 5.82 Å². The molecule has 0 amide bonds. The summed E-state index contributed by atoms with van der Waals surface area (Å²) in [6.07, 6.45) is 0. The highest BCUT2D eigenvalue weighted by atomic mass is 35.5. The molecule has 2 nitrogen and oxygen atoms in total. The smallest absolute Gasteiger partial charge is 0.147 e. The summed E-state index contributed by atoms with van der Waals surface area (Å²) >= 11 is 5.72. The van der Waals surface area contributed by atoms with Crippen molar-refractivity contribution in [3.05, 3.63) is 29.0 Å². The highest BCUT2D eigenvalue weighted by molar-refractivity contribution is 6.30. The number of nitrogens with one attached hydrogen (secondary N) is 1. The number of hydrogen-bond donors (Lipinski definition) is 1. The minimum absolute atomic E-state index is 0.219. The fourth-order valence-corrected chi connectivity index (χ4v) is 2.54. The highest BCUT2D eigenvalue weighted by Gasteiger charge is 2.39. The standard InChI is InChI=1S/C11H12ClFN2/c12-8-1-2-11(9(13)3-8)15-5-7-4-14-10(7)6-15/h1-3,7,10,14H,4-6H2/t7-,10+/m1/s1. The molecule has 0 bridgehead atoms. The zero-order chi connectivity index (χ0) is 10.4. The van der Waals surface area contributed by atoms with Crippen molar-refractivity contribution < 1.29 is 4.39 Å². The summed E-state index contributed by atoms with van der Waals surface area (Å²) in [5, 5.41) is 3.80. The Morgan fingerprint density at radius 3 is 2.80 bits per heavy atom. The van der Waals surface area contributed by atoms with Crippen LogP contribution in [0.4, 0.5) is 10.1 Å². The third-order valence-electron chi connectivity index (χ3n) is 3.33. The number of rotatable bonds is 1. The first-order valence-corrected chi connectivity index (χ1v) is 5.55. The van der Waals surface area contributed by atoms with Crippen LogP contribution in [-0.4, -0.2) is 25.7 Å². The van der Waals surface area contributed by atoms with E-state index < -0.39 is 0 Å². The van der Waals surface area contributed by atoms with Gasteiger partial charge >= 0.3 is 0 Å². The molecule has 1 aromatic rings. The minimum Gasteiger partial charge on any atom is -0.367 e. The van der Waals surface area contributed by atoms with E-state index >= 15 is 0 Å². The van der Waals surface area contributed by atoms with E-state index in [1.807, 2.05) is 0 Å². The van der Waals surface area contributed by atoms with E-state index in [1.165, 1.54) is 6.07 Å². The summed E-state index contributed by atoms with van der Waals surface area (Å²) in [7, 11) is 0. The van der Waals surface area contributed by atoms with Crippen LogP contribution < -0.4 is 10.2 Å². The highest BCUT2D eigenvalue weighted by Crippen LogP contribution is 2.30. The predicted octanol–water partition coefficient (Wildman–Crippen LogP) is 1.89. The third kappa shape index (κ3) is 1.50. The molecule has 3 rings (SSSR count). The lowest BCUT2D eigenvalue weighted by atomic mass is 9.96. The van der Waals surface area contributed by atoms with Crippen molar-refractivity contribution in [1.29, 1.82) is 0 Å². The monoisotopic (exact) mass is 226 g/mol. The van der Waals surface area contributed by atoms with Crippen LogP contribution >= 0.6 is 11.6 Å². The van der Waals surface area contributed by atoms with Crippen LogP contribution in [0.25, 0.3) is 0 Å². The minimum atomic E-state index is -0.219. The van der Waals surface area contributed by atoms with E-state index in [9.17, 15) is 4.39 Å². The maximum atomic E-state index is 13.6. The molecule has 0 aliphatic carbocycles. The van der Waals surface area contributed by atoms with E-state index in [4.69, 9.17) is 11.6 Å². The van der Waals surface area contributed by atoms with Gasteiger partial charge in [0.25, 0.3) is 0 Å². The second-order valence-corrected chi connectivity index (χ2v) is 4.71. The Kier molecular flexibility index (Phi) is 2.11. The summed E-state index contributed by atoms with van der Waals surface area (Å²) in [6.45, 7) is 2.93. The summed E-state index contributed by atoms with van der Waals surface area (Å²) in [5.41, 5.74) is 0.676. The van der Waals surface area contributed by atoms with E-state index in [0.717, 1.165) is 19.6 Å². The molecular formula is C11H12ClFN2. The van der Waals surface area contributed by atoms with Crippen LogP contribution in [0.1, 0.15) is 0 Å². The topological polar surface area (TPSA) is 15.3 Å². The second kappa shape index (κ2) is 3.35. The lowest BCUT2D eigenvalue weighted by molar-refractivity contribution is 0.297. The van der Waals surface area contributed by atoms with Crippen LogP contribution in [0.15, 0.2) is 18.2 Å². The van der Waals surface area contributed by atoms with Crippen molar-refractivity contribution in [3.63, 3.8) is 0 Å². The molecule has 2 heterocycles. The molecule has 80 valence electrons. The summed E-state index contributed by atoms with van der Waals surface area (Å²) in [4.78, 5) is 2.10. The van der Waals surface area contributed by atoms with Gasteiger partial charge in [-0.25, -0.2) is 4.39 Å². The van der Waals surface area contributed by atoms with Crippen LogP contribution in [0.2, 0.25) is 5.02 Å². The maximum absolute atomic E-state index is 13.6. The zero-order valence-electron chi connectivity index (χ0n) is 8.21. The quantitative estimate of drug-likeness (QED) is 0.787. The molecule has 4 heteroatoms. The number of nitrogens with zero attached hydrogens (tertiary/aromatic N) is 1. The van der Waals surface area contributed by atoms with Gasteiger partial charge < -0.3 is 10.2 Å². The number of fused-ring (bicyclic) bond motifs is 1.